The Bertz CT molecular complexity index is 254. The van der Waals surface area contributed by atoms with E-state index in [0.717, 1.165) is 38.8 Å². The van der Waals surface area contributed by atoms with Crippen molar-refractivity contribution >= 4 is 11.9 Å². The number of ether oxygens (including phenoxy) is 2. The molecule has 0 N–H and O–H groups in total. The largest absolute Gasteiger partial charge is 0.464 e. The lowest BCUT2D eigenvalue weighted by Crippen LogP contribution is -2.48. The van der Waals surface area contributed by atoms with E-state index in [1.807, 2.05) is 4.90 Å². The summed E-state index contributed by atoms with van der Waals surface area (Å²) in [7, 11) is 0. The first-order valence-corrected chi connectivity index (χ1v) is 6.78. The molecular formula is C13H23NO4. The molecule has 0 aromatic heterocycles. The van der Waals surface area contributed by atoms with Gasteiger partial charge in [0, 0.05) is 0 Å². The van der Waals surface area contributed by atoms with Crippen molar-refractivity contribution < 1.29 is 19.1 Å². The second-order valence-electron chi connectivity index (χ2n) is 4.36. The summed E-state index contributed by atoms with van der Waals surface area (Å²) in [5.41, 5.74) is 0. The zero-order valence-corrected chi connectivity index (χ0v) is 11.3. The van der Waals surface area contributed by atoms with Crippen LogP contribution in [0.1, 0.15) is 39.5 Å². The zero-order chi connectivity index (χ0) is 13.4. The van der Waals surface area contributed by atoms with Crippen LogP contribution in [-0.4, -0.2) is 49.2 Å². The minimum Gasteiger partial charge on any atom is -0.464 e. The van der Waals surface area contributed by atoms with Crippen LogP contribution in [0.25, 0.3) is 0 Å². The predicted octanol–water partition coefficient (Wildman–Crippen LogP) is 1.36. The quantitative estimate of drug-likeness (QED) is 0.550. The topological polar surface area (TPSA) is 55.8 Å². The number of nitrogens with zero attached hydrogens (tertiary/aromatic N) is 1. The molecule has 0 radical (unpaired) electrons. The summed E-state index contributed by atoms with van der Waals surface area (Å²) >= 11 is 0. The Balaban J connectivity index is 2.73. The Kier molecular flexibility index (Phi) is 6.72. The number of carbonyl (C=O) groups excluding carboxylic acids is 2. The molecule has 0 aromatic rings. The number of hydrogen-bond donors (Lipinski definition) is 0. The maximum atomic E-state index is 11.9. The van der Waals surface area contributed by atoms with Gasteiger partial charge < -0.3 is 9.47 Å². The number of rotatable bonds is 5. The molecule has 0 unspecified atom stereocenters. The van der Waals surface area contributed by atoms with Crippen molar-refractivity contribution in [2.24, 2.45) is 0 Å². The first kappa shape index (κ1) is 15.0. The molecule has 1 fully saturated rings. The van der Waals surface area contributed by atoms with Gasteiger partial charge in [-0.15, -0.1) is 0 Å². The molecule has 0 aliphatic carbocycles. The highest BCUT2D eigenvalue weighted by Crippen LogP contribution is 2.14. The summed E-state index contributed by atoms with van der Waals surface area (Å²) in [4.78, 5) is 25.7. The van der Waals surface area contributed by atoms with Gasteiger partial charge in [-0.2, -0.15) is 0 Å². The summed E-state index contributed by atoms with van der Waals surface area (Å²) in [6, 6.07) is -0.886. The van der Waals surface area contributed by atoms with Crippen LogP contribution in [0.2, 0.25) is 0 Å². The van der Waals surface area contributed by atoms with Crippen molar-refractivity contribution in [3.05, 3.63) is 0 Å². The summed E-state index contributed by atoms with van der Waals surface area (Å²) in [5, 5.41) is 0. The molecule has 5 nitrogen and oxygen atoms in total. The molecular weight excluding hydrogens is 234 g/mol. The van der Waals surface area contributed by atoms with Gasteiger partial charge in [0.15, 0.2) is 0 Å². The van der Waals surface area contributed by atoms with Gasteiger partial charge in [0.25, 0.3) is 0 Å². The standard InChI is InChI=1S/C13H23NO4/c1-3-17-12(15)11(13(16)18-4-2)14-9-7-5-6-8-10-14/h11H,3-10H2,1-2H3. The Hall–Kier alpha value is -1.10. The van der Waals surface area contributed by atoms with Crippen molar-refractivity contribution in [3.8, 4) is 0 Å². The van der Waals surface area contributed by atoms with Crippen molar-refractivity contribution in [3.63, 3.8) is 0 Å². The van der Waals surface area contributed by atoms with E-state index in [4.69, 9.17) is 9.47 Å². The SMILES string of the molecule is CCOC(=O)C(C(=O)OCC)N1CCCCCC1. The van der Waals surface area contributed by atoms with E-state index in [2.05, 4.69) is 0 Å². The molecule has 0 aromatic carbocycles. The molecule has 5 heteroatoms. The fourth-order valence-corrected chi connectivity index (χ4v) is 2.19. The second kappa shape index (κ2) is 8.08. The van der Waals surface area contributed by atoms with E-state index in [1.54, 1.807) is 13.8 Å². The molecule has 104 valence electrons. The highest BCUT2D eigenvalue weighted by atomic mass is 16.6. The van der Waals surface area contributed by atoms with Crippen LogP contribution in [-0.2, 0) is 19.1 Å². The molecule has 0 saturated carbocycles. The van der Waals surface area contributed by atoms with E-state index in [1.165, 1.54) is 0 Å². The summed E-state index contributed by atoms with van der Waals surface area (Å²) in [5.74, 6) is -0.976. The smallest absolute Gasteiger partial charge is 0.335 e. The molecule has 1 saturated heterocycles. The van der Waals surface area contributed by atoms with E-state index in [9.17, 15) is 9.59 Å². The minimum absolute atomic E-state index is 0.280. The Morgan fingerprint density at radius 1 is 0.944 bits per heavy atom. The third-order valence-corrected chi connectivity index (χ3v) is 3.03. The van der Waals surface area contributed by atoms with E-state index in [-0.39, 0.29) is 13.2 Å². The monoisotopic (exact) mass is 257 g/mol. The van der Waals surface area contributed by atoms with Crippen LogP contribution in [0.5, 0.6) is 0 Å². The number of hydrogen-bond acceptors (Lipinski definition) is 5. The minimum atomic E-state index is -0.886. The lowest BCUT2D eigenvalue weighted by atomic mass is 10.2. The Labute approximate surface area is 108 Å². The van der Waals surface area contributed by atoms with Gasteiger partial charge in [-0.3, -0.25) is 4.90 Å². The maximum Gasteiger partial charge on any atom is 0.335 e. The second-order valence-corrected chi connectivity index (χ2v) is 4.36. The molecule has 18 heavy (non-hydrogen) atoms. The number of carbonyl (C=O) groups is 2. The van der Waals surface area contributed by atoms with Crippen LogP contribution in [0.15, 0.2) is 0 Å². The van der Waals surface area contributed by atoms with Gasteiger partial charge in [0.1, 0.15) is 0 Å². The molecule has 1 aliphatic heterocycles. The molecule has 0 amide bonds. The molecule has 0 bridgehead atoms. The van der Waals surface area contributed by atoms with Gasteiger partial charge in [-0.05, 0) is 39.8 Å². The van der Waals surface area contributed by atoms with Crippen molar-refractivity contribution in [1.82, 2.24) is 4.90 Å². The maximum absolute atomic E-state index is 11.9. The lowest BCUT2D eigenvalue weighted by Gasteiger charge is -2.26. The fourth-order valence-electron chi connectivity index (χ4n) is 2.19. The Morgan fingerprint density at radius 3 is 1.78 bits per heavy atom. The van der Waals surface area contributed by atoms with Crippen LogP contribution >= 0.6 is 0 Å². The Morgan fingerprint density at radius 2 is 1.39 bits per heavy atom. The fraction of sp³-hybridized carbons (Fsp3) is 0.846. The van der Waals surface area contributed by atoms with Gasteiger partial charge in [0.2, 0.25) is 6.04 Å². The summed E-state index contributed by atoms with van der Waals surface area (Å²) < 4.78 is 9.97. The molecule has 0 spiro atoms. The van der Waals surface area contributed by atoms with Crippen LogP contribution in [0.4, 0.5) is 0 Å². The normalized spacial score (nSPS) is 17.3. The highest BCUT2D eigenvalue weighted by Gasteiger charge is 2.35. The van der Waals surface area contributed by atoms with Crippen molar-refractivity contribution in [2.75, 3.05) is 26.3 Å². The van der Waals surface area contributed by atoms with Crippen molar-refractivity contribution in [1.29, 1.82) is 0 Å². The van der Waals surface area contributed by atoms with Crippen LogP contribution in [0.3, 0.4) is 0 Å². The molecule has 1 heterocycles. The van der Waals surface area contributed by atoms with Gasteiger partial charge in [-0.1, -0.05) is 12.8 Å². The van der Waals surface area contributed by atoms with E-state index in [0.29, 0.717) is 0 Å². The first-order valence-electron chi connectivity index (χ1n) is 6.78. The van der Waals surface area contributed by atoms with Crippen molar-refractivity contribution in [2.45, 2.75) is 45.6 Å². The third-order valence-electron chi connectivity index (χ3n) is 3.03. The highest BCUT2D eigenvalue weighted by molar-refractivity contribution is 5.99. The lowest BCUT2D eigenvalue weighted by molar-refractivity contribution is -0.163. The van der Waals surface area contributed by atoms with E-state index < -0.39 is 18.0 Å². The number of likely N-dealkylation sites (tertiary alicyclic amines) is 1. The van der Waals surface area contributed by atoms with Gasteiger partial charge >= 0.3 is 11.9 Å². The third kappa shape index (κ3) is 4.29. The zero-order valence-electron chi connectivity index (χ0n) is 11.3. The predicted molar refractivity (Wildman–Crippen MR) is 67.1 cm³/mol. The van der Waals surface area contributed by atoms with E-state index >= 15 is 0 Å². The summed E-state index contributed by atoms with van der Waals surface area (Å²) in [6.07, 6.45) is 4.31. The van der Waals surface area contributed by atoms with Gasteiger partial charge in [-0.25, -0.2) is 9.59 Å². The average Bonchev–Trinajstić information content (AvgIpc) is 2.59. The first-order chi connectivity index (χ1) is 8.70. The van der Waals surface area contributed by atoms with Gasteiger partial charge in [0.05, 0.1) is 13.2 Å². The van der Waals surface area contributed by atoms with Crippen LogP contribution < -0.4 is 0 Å². The number of esters is 2. The average molecular weight is 257 g/mol. The molecule has 0 atom stereocenters. The summed E-state index contributed by atoms with van der Waals surface area (Å²) in [6.45, 7) is 5.54. The molecule has 1 rings (SSSR count). The van der Waals surface area contributed by atoms with Crippen LogP contribution in [0, 0.1) is 0 Å². The molecule has 1 aliphatic rings.